The third kappa shape index (κ3) is 3.20. The molecule has 14 heavy (non-hydrogen) atoms. The monoisotopic (exact) mass is 213 g/mol. The third-order valence-electron chi connectivity index (χ3n) is 1.85. The van der Waals surface area contributed by atoms with Crippen molar-refractivity contribution in [2.45, 2.75) is 19.9 Å². The molecule has 0 radical (unpaired) electrons. The molecular formula is C11H16ClNO. The van der Waals surface area contributed by atoms with Crippen molar-refractivity contribution in [1.29, 1.82) is 0 Å². The van der Waals surface area contributed by atoms with Crippen LogP contribution in [0.2, 0.25) is 5.02 Å². The summed E-state index contributed by atoms with van der Waals surface area (Å²) in [6, 6.07) is 5.71. The number of rotatable bonds is 5. The molecular weight excluding hydrogens is 198 g/mol. The van der Waals surface area contributed by atoms with Crippen LogP contribution < -0.4 is 10.1 Å². The smallest absolute Gasteiger partial charge is 0.123 e. The average Bonchev–Trinajstić information content (AvgIpc) is 2.17. The summed E-state index contributed by atoms with van der Waals surface area (Å²) < 4.78 is 5.60. The molecule has 0 atom stereocenters. The Hall–Kier alpha value is -0.730. The maximum absolute atomic E-state index is 5.90. The van der Waals surface area contributed by atoms with E-state index in [0.717, 1.165) is 35.9 Å². The van der Waals surface area contributed by atoms with Gasteiger partial charge in [-0.1, -0.05) is 18.5 Å². The topological polar surface area (TPSA) is 21.3 Å². The third-order valence-corrected chi connectivity index (χ3v) is 2.09. The van der Waals surface area contributed by atoms with Crippen molar-refractivity contribution < 1.29 is 4.74 Å². The van der Waals surface area contributed by atoms with Gasteiger partial charge < -0.3 is 10.1 Å². The molecule has 2 nitrogen and oxygen atoms in total. The zero-order valence-electron chi connectivity index (χ0n) is 8.64. The summed E-state index contributed by atoms with van der Waals surface area (Å²) in [6.45, 7) is 3.62. The number of nitrogens with one attached hydrogen (secondary N) is 1. The molecule has 0 spiro atoms. The molecule has 0 saturated heterocycles. The molecule has 0 aromatic heterocycles. The summed E-state index contributed by atoms with van der Waals surface area (Å²) >= 11 is 5.90. The number of ether oxygens (including phenoxy) is 1. The maximum Gasteiger partial charge on any atom is 0.123 e. The molecule has 0 amide bonds. The lowest BCUT2D eigenvalue weighted by Gasteiger charge is -2.10. The Bertz CT molecular complexity index is 289. The largest absolute Gasteiger partial charge is 0.493 e. The minimum absolute atomic E-state index is 0.748. The summed E-state index contributed by atoms with van der Waals surface area (Å²) in [4.78, 5) is 0. The van der Waals surface area contributed by atoms with Gasteiger partial charge in [0.25, 0.3) is 0 Å². The van der Waals surface area contributed by atoms with Crippen molar-refractivity contribution in [3.63, 3.8) is 0 Å². The Morgan fingerprint density at radius 3 is 2.86 bits per heavy atom. The maximum atomic E-state index is 5.90. The van der Waals surface area contributed by atoms with E-state index in [1.807, 2.05) is 25.2 Å². The molecule has 0 aliphatic carbocycles. The molecule has 0 aliphatic heterocycles. The van der Waals surface area contributed by atoms with Crippen molar-refractivity contribution in [1.82, 2.24) is 5.32 Å². The Labute approximate surface area is 90.2 Å². The van der Waals surface area contributed by atoms with Crippen LogP contribution >= 0.6 is 11.6 Å². The molecule has 3 heteroatoms. The van der Waals surface area contributed by atoms with E-state index in [1.165, 1.54) is 0 Å². The van der Waals surface area contributed by atoms with Gasteiger partial charge in [-0.05, 0) is 31.7 Å². The van der Waals surface area contributed by atoms with E-state index < -0.39 is 0 Å². The predicted octanol–water partition coefficient (Wildman–Crippen LogP) is 2.85. The van der Waals surface area contributed by atoms with E-state index in [2.05, 4.69) is 12.2 Å². The molecule has 0 bridgehead atoms. The van der Waals surface area contributed by atoms with Gasteiger partial charge in [-0.15, -0.1) is 0 Å². The summed E-state index contributed by atoms with van der Waals surface area (Å²) in [5, 5.41) is 3.84. The first-order valence-corrected chi connectivity index (χ1v) is 5.21. The Balaban J connectivity index is 2.78. The first-order valence-electron chi connectivity index (χ1n) is 4.83. The van der Waals surface area contributed by atoms with Crippen molar-refractivity contribution in [2.24, 2.45) is 0 Å². The summed E-state index contributed by atoms with van der Waals surface area (Å²) in [5.74, 6) is 0.922. The molecule has 0 heterocycles. The second-order valence-electron chi connectivity index (χ2n) is 3.13. The fourth-order valence-corrected chi connectivity index (χ4v) is 1.42. The molecule has 1 aromatic rings. The van der Waals surface area contributed by atoms with Crippen molar-refractivity contribution in [3.05, 3.63) is 28.8 Å². The van der Waals surface area contributed by atoms with E-state index in [4.69, 9.17) is 16.3 Å². The average molecular weight is 214 g/mol. The highest BCUT2D eigenvalue weighted by atomic mass is 35.5. The molecule has 0 saturated carbocycles. The number of hydrogen-bond acceptors (Lipinski definition) is 2. The van der Waals surface area contributed by atoms with Crippen LogP contribution in [0, 0.1) is 0 Å². The number of halogens is 1. The van der Waals surface area contributed by atoms with Crippen LogP contribution in [0.4, 0.5) is 0 Å². The fraction of sp³-hybridized carbons (Fsp3) is 0.455. The minimum Gasteiger partial charge on any atom is -0.493 e. The van der Waals surface area contributed by atoms with Gasteiger partial charge in [0.15, 0.2) is 0 Å². The van der Waals surface area contributed by atoms with Gasteiger partial charge in [0, 0.05) is 17.1 Å². The summed E-state index contributed by atoms with van der Waals surface area (Å²) in [6.07, 6.45) is 1.02. The van der Waals surface area contributed by atoms with Gasteiger partial charge >= 0.3 is 0 Å². The van der Waals surface area contributed by atoms with Crippen molar-refractivity contribution in [2.75, 3.05) is 13.7 Å². The van der Waals surface area contributed by atoms with Gasteiger partial charge in [-0.2, -0.15) is 0 Å². The van der Waals surface area contributed by atoms with Crippen molar-refractivity contribution in [3.8, 4) is 5.75 Å². The Morgan fingerprint density at radius 2 is 2.21 bits per heavy atom. The fourth-order valence-electron chi connectivity index (χ4n) is 1.23. The highest BCUT2D eigenvalue weighted by Gasteiger charge is 2.03. The second-order valence-corrected chi connectivity index (χ2v) is 3.57. The van der Waals surface area contributed by atoms with Crippen LogP contribution in [-0.2, 0) is 6.54 Å². The Kier molecular flexibility index (Phi) is 4.77. The first kappa shape index (κ1) is 11.3. The molecule has 78 valence electrons. The van der Waals surface area contributed by atoms with Gasteiger partial charge in [0.2, 0.25) is 0 Å². The minimum atomic E-state index is 0.748. The predicted molar refractivity (Wildman–Crippen MR) is 60.0 cm³/mol. The van der Waals surface area contributed by atoms with E-state index in [1.54, 1.807) is 0 Å². The van der Waals surface area contributed by atoms with E-state index in [-0.39, 0.29) is 0 Å². The van der Waals surface area contributed by atoms with Crippen LogP contribution in [-0.4, -0.2) is 13.7 Å². The van der Waals surface area contributed by atoms with Crippen LogP contribution in [0.5, 0.6) is 5.75 Å². The normalized spacial score (nSPS) is 10.2. The summed E-state index contributed by atoms with van der Waals surface area (Å²) in [5.41, 5.74) is 1.11. The quantitative estimate of drug-likeness (QED) is 0.812. The zero-order chi connectivity index (χ0) is 10.4. The highest BCUT2D eigenvalue weighted by Crippen LogP contribution is 2.22. The van der Waals surface area contributed by atoms with Gasteiger partial charge in [0.05, 0.1) is 6.61 Å². The van der Waals surface area contributed by atoms with Crippen LogP contribution in [0.3, 0.4) is 0 Å². The van der Waals surface area contributed by atoms with Crippen LogP contribution in [0.1, 0.15) is 18.9 Å². The van der Waals surface area contributed by atoms with E-state index in [0.29, 0.717) is 0 Å². The molecule has 1 aromatic carbocycles. The lowest BCUT2D eigenvalue weighted by atomic mass is 10.2. The molecule has 0 aliphatic rings. The number of hydrogen-bond donors (Lipinski definition) is 1. The first-order chi connectivity index (χ1) is 6.77. The van der Waals surface area contributed by atoms with E-state index in [9.17, 15) is 0 Å². The van der Waals surface area contributed by atoms with Crippen molar-refractivity contribution >= 4 is 11.6 Å². The summed E-state index contributed by atoms with van der Waals surface area (Å²) in [7, 11) is 1.91. The van der Waals surface area contributed by atoms with Gasteiger partial charge in [-0.3, -0.25) is 0 Å². The zero-order valence-corrected chi connectivity index (χ0v) is 9.40. The van der Waals surface area contributed by atoms with Gasteiger partial charge in [0.1, 0.15) is 5.75 Å². The molecule has 1 rings (SSSR count). The lowest BCUT2D eigenvalue weighted by Crippen LogP contribution is -2.07. The van der Waals surface area contributed by atoms with Crippen LogP contribution in [0.25, 0.3) is 0 Å². The Morgan fingerprint density at radius 1 is 1.43 bits per heavy atom. The van der Waals surface area contributed by atoms with Crippen LogP contribution in [0.15, 0.2) is 18.2 Å². The standard InChI is InChI=1S/C11H16ClNO/c1-3-6-14-11-5-4-10(12)7-9(11)8-13-2/h4-5,7,13H,3,6,8H2,1-2H3. The highest BCUT2D eigenvalue weighted by molar-refractivity contribution is 6.30. The molecule has 0 unspecified atom stereocenters. The molecule has 1 N–H and O–H groups in total. The number of benzene rings is 1. The lowest BCUT2D eigenvalue weighted by molar-refractivity contribution is 0.313. The second kappa shape index (κ2) is 5.89. The SMILES string of the molecule is CCCOc1ccc(Cl)cc1CNC. The van der Waals surface area contributed by atoms with E-state index >= 15 is 0 Å². The van der Waals surface area contributed by atoms with Gasteiger partial charge in [-0.25, -0.2) is 0 Å². The molecule has 0 fully saturated rings.